The number of nitrogens with two attached hydrogens (primary N) is 1. The lowest BCUT2D eigenvalue weighted by Gasteiger charge is -2.41. The molecule has 5 heteroatoms. The lowest BCUT2D eigenvalue weighted by Crippen LogP contribution is -2.44. The molecule has 2 N–H and O–H groups in total. The molecular weight excluding hydrogens is 278 g/mol. The van der Waals surface area contributed by atoms with E-state index in [0.29, 0.717) is 17.8 Å². The monoisotopic (exact) mass is 307 g/mol. The van der Waals surface area contributed by atoms with Crippen LogP contribution in [0.4, 0.5) is 5.82 Å². The van der Waals surface area contributed by atoms with Crippen LogP contribution in [0.3, 0.4) is 0 Å². The quantitative estimate of drug-likeness (QED) is 0.854. The number of hydrogen-bond acceptors (Lipinski definition) is 4. The van der Waals surface area contributed by atoms with E-state index in [9.17, 15) is 0 Å². The average molecular weight is 308 g/mol. The fourth-order valence-corrected chi connectivity index (χ4v) is 4.07. The van der Waals surface area contributed by atoms with Crippen LogP contribution in [-0.4, -0.2) is 24.4 Å². The summed E-state index contributed by atoms with van der Waals surface area (Å²) in [5.74, 6) is 0.949. The third-order valence-corrected chi connectivity index (χ3v) is 9.54. The predicted octanol–water partition coefficient (Wildman–Crippen LogP) is 4.11. The maximum Gasteiger partial charge on any atom is 0.192 e. The van der Waals surface area contributed by atoms with Gasteiger partial charge in [0, 0.05) is 12.0 Å². The second-order valence-corrected chi connectivity index (χ2v) is 12.5. The summed E-state index contributed by atoms with van der Waals surface area (Å²) in [5, 5.41) is 0.265. The summed E-state index contributed by atoms with van der Waals surface area (Å²) >= 11 is 0. The van der Waals surface area contributed by atoms with Gasteiger partial charge in [-0.25, -0.2) is 4.98 Å². The molecule has 0 amide bonds. The molecule has 1 unspecified atom stereocenters. The maximum atomic E-state index is 6.58. The topological polar surface area (TPSA) is 61.0 Å². The molecule has 1 fully saturated rings. The zero-order valence-electron chi connectivity index (χ0n) is 14.0. The highest BCUT2D eigenvalue weighted by molar-refractivity contribution is 6.74. The Morgan fingerprint density at radius 3 is 2.48 bits per heavy atom. The van der Waals surface area contributed by atoms with Gasteiger partial charge >= 0.3 is 0 Å². The van der Waals surface area contributed by atoms with Gasteiger partial charge in [-0.2, -0.15) is 0 Å². The SMILES string of the molecule is CC(C)(C)[Si](C)(C)OC1CCC[C@H](c2cnc(N)cn2)C1. The number of aromatic nitrogens is 2. The Balaban J connectivity index is 2.03. The summed E-state index contributed by atoms with van der Waals surface area (Å²) in [7, 11) is -1.69. The third kappa shape index (κ3) is 4.04. The summed E-state index contributed by atoms with van der Waals surface area (Å²) in [4.78, 5) is 8.63. The van der Waals surface area contributed by atoms with Crippen molar-refractivity contribution in [3.8, 4) is 0 Å². The molecule has 0 radical (unpaired) electrons. The molecule has 118 valence electrons. The van der Waals surface area contributed by atoms with Crippen LogP contribution in [-0.2, 0) is 4.43 Å². The molecule has 0 saturated heterocycles. The Labute approximate surface area is 129 Å². The van der Waals surface area contributed by atoms with Crippen molar-refractivity contribution in [3.05, 3.63) is 18.1 Å². The molecule has 1 aromatic heterocycles. The van der Waals surface area contributed by atoms with E-state index in [4.69, 9.17) is 10.2 Å². The minimum absolute atomic E-state index is 0.265. The molecule has 1 aromatic rings. The highest BCUT2D eigenvalue weighted by atomic mass is 28.4. The van der Waals surface area contributed by atoms with Crippen molar-refractivity contribution < 1.29 is 4.43 Å². The largest absolute Gasteiger partial charge is 0.414 e. The minimum atomic E-state index is -1.69. The van der Waals surface area contributed by atoms with Crippen molar-refractivity contribution in [2.24, 2.45) is 0 Å². The molecule has 0 aromatic carbocycles. The van der Waals surface area contributed by atoms with E-state index in [2.05, 4.69) is 43.8 Å². The van der Waals surface area contributed by atoms with Gasteiger partial charge in [-0.1, -0.05) is 27.2 Å². The van der Waals surface area contributed by atoms with Gasteiger partial charge in [-0.05, 0) is 37.4 Å². The van der Waals surface area contributed by atoms with Crippen molar-refractivity contribution >= 4 is 14.1 Å². The fraction of sp³-hybridized carbons (Fsp3) is 0.750. The maximum absolute atomic E-state index is 6.58. The van der Waals surface area contributed by atoms with Crippen molar-refractivity contribution in [1.29, 1.82) is 0 Å². The zero-order valence-corrected chi connectivity index (χ0v) is 15.0. The van der Waals surface area contributed by atoms with Gasteiger partial charge in [0.15, 0.2) is 8.32 Å². The summed E-state index contributed by atoms with van der Waals surface area (Å²) < 4.78 is 6.58. The predicted molar refractivity (Wildman–Crippen MR) is 89.7 cm³/mol. The van der Waals surface area contributed by atoms with Crippen LogP contribution >= 0.6 is 0 Å². The molecular formula is C16H29N3OSi. The first-order valence-corrected chi connectivity index (χ1v) is 10.8. The van der Waals surface area contributed by atoms with Crippen molar-refractivity contribution in [2.75, 3.05) is 5.73 Å². The number of nitrogen functional groups attached to an aromatic ring is 1. The van der Waals surface area contributed by atoms with Crippen LogP contribution in [0, 0.1) is 0 Å². The van der Waals surface area contributed by atoms with Gasteiger partial charge in [-0.3, -0.25) is 4.98 Å². The van der Waals surface area contributed by atoms with Crippen LogP contribution in [0.5, 0.6) is 0 Å². The lowest BCUT2D eigenvalue weighted by atomic mass is 9.85. The standard InChI is InChI=1S/C16H29N3OSi/c1-16(2,3)21(4,5)20-13-8-6-7-12(9-13)14-10-19-15(17)11-18-14/h10-13H,6-9H2,1-5H3,(H2,17,19)/t12-,13?/m0/s1. The normalized spacial score (nSPS) is 24.0. The van der Waals surface area contributed by atoms with Crippen LogP contribution in [0.15, 0.2) is 12.4 Å². The molecule has 2 atom stereocenters. The molecule has 0 bridgehead atoms. The van der Waals surface area contributed by atoms with Crippen molar-refractivity contribution in [2.45, 2.75) is 76.6 Å². The van der Waals surface area contributed by atoms with Gasteiger partial charge in [-0.15, -0.1) is 0 Å². The van der Waals surface area contributed by atoms with Crippen LogP contribution in [0.1, 0.15) is 58.1 Å². The number of rotatable bonds is 3. The number of hydrogen-bond donors (Lipinski definition) is 1. The second kappa shape index (κ2) is 6.05. The summed E-state index contributed by atoms with van der Waals surface area (Å²) in [6.45, 7) is 11.6. The van der Waals surface area contributed by atoms with E-state index in [-0.39, 0.29) is 5.04 Å². The second-order valence-electron chi connectivity index (χ2n) is 7.73. The van der Waals surface area contributed by atoms with E-state index in [1.54, 1.807) is 6.20 Å². The molecule has 1 aliphatic carbocycles. The van der Waals surface area contributed by atoms with Crippen LogP contribution in [0.2, 0.25) is 18.1 Å². The Morgan fingerprint density at radius 2 is 1.90 bits per heavy atom. The first kappa shape index (κ1) is 16.4. The Bertz CT molecular complexity index is 467. The van der Waals surface area contributed by atoms with E-state index < -0.39 is 8.32 Å². The third-order valence-electron chi connectivity index (χ3n) is 5.00. The first-order chi connectivity index (χ1) is 9.69. The summed E-state index contributed by atoms with van der Waals surface area (Å²) in [6.07, 6.45) is 8.47. The minimum Gasteiger partial charge on any atom is -0.414 e. The summed E-state index contributed by atoms with van der Waals surface area (Å²) in [6, 6.07) is 0. The summed E-state index contributed by atoms with van der Waals surface area (Å²) in [5.41, 5.74) is 6.68. The molecule has 1 aliphatic rings. The van der Waals surface area contributed by atoms with E-state index in [1.807, 2.05) is 6.20 Å². The Kier molecular flexibility index (Phi) is 4.73. The van der Waals surface area contributed by atoms with Gasteiger partial charge in [0.1, 0.15) is 5.82 Å². The Morgan fingerprint density at radius 1 is 1.19 bits per heavy atom. The lowest BCUT2D eigenvalue weighted by molar-refractivity contribution is 0.126. The number of nitrogens with zero attached hydrogens (tertiary/aromatic N) is 2. The molecule has 1 heterocycles. The number of anilines is 1. The smallest absolute Gasteiger partial charge is 0.192 e. The zero-order chi connectivity index (χ0) is 15.7. The van der Waals surface area contributed by atoms with Crippen molar-refractivity contribution in [3.63, 3.8) is 0 Å². The van der Waals surface area contributed by atoms with E-state index in [1.165, 1.54) is 19.3 Å². The molecule has 0 spiro atoms. The van der Waals surface area contributed by atoms with Gasteiger partial charge in [0.25, 0.3) is 0 Å². The first-order valence-electron chi connectivity index (χ1n) is 7.94. The van der Waals surface area contributed by atoms with E-state index in [0.717, 1.165) is 12.1 Å². The molecule has 4 nitrogen and oxygen atoms in total. The average Bonchev–Trinajstić information content (AvgIpc) is 2.38. The van der Waals surface area contributed by atoms with Gasteiger partial charge < -0.3 is 10.2 Å². The van der Waals surface area contributed by atoms with Gasteiger partial charge in [0.05, 0.1) is 18.1 Å². The van der Waals surface area contributed by atoms with Gasteiger partial charge in [0.2, 0.25) is 0 Å². The van der Waals surface area contributed by atoms with Crippen molar-refractivity contribution in [1.82, 2.24) is 9.97 Å². The van der Waals surface area contributed by atoms with Crippen LogP contribution in [0.25, 0.3) is 0 Å². The molecule has 1 saturated carbocycles. The van der Waals surface area contributed by atoms with E-state index >= 15 is 0 Å². The highest BCUT2D eigenvalue weighted by Gasteiger charge is 2.40. The fourth-order valence-electron chi connectivity index (χ4n) is 2.67. The van der Waals surface area contributed by atoms with Crippen LogP contribution < -0.4 is 5.73 Å². The Hall–Kier alpha value is -0.943. The molecule has 21 heavy (non-hydrogen) atoms. The molecule has 2 rings (SSSR count). The molecule has 0 aliphatic heterocycles. The highest BCUT2D eigenvalue weighted by Crippen LogP contribution is 2.41.